The smallest absolute Gasteiger partial charge is 0.0597 e. The summed E-state index contributed by atoms with van der Waals surface area (Å²) >= 11 is 0. The zero-order valence-corrected chi connectivity index (χ0v) is 10.5. The van der Waals surface area contributed by atoms with Crippen LogP contribution in [0.1, 0.15) is 29.9 Å². The van der Waals surface area contributed by atoms with Crippen LogP contribution in [-0.2, 0) is 13.6 Å². The third-order valence-electron chi connectivity index (χ3n) is 2.89. The third kappa shape index (κ3) is 2.91. The highest BCUT2D eigenvalue weighted by atomic mass is 15.3. The lowest BCUT2D eigenvalue weighted by Gasteiger charge is -2.13. The zero-order valence-electron chi connectivity index (χ0n) is 10.5. The minimum Gasteiger partial charge on any atom is -0.305 e. The van der Waals surface area contributed by atoms with Crippen LogP contribution in [0, 0.1) is 6.92 Å². The summed E-state index contributed by atoms with van der Waals surface area (Å²) in [4.78, 5) is 4.02. The van der Waals surface area contributed by atoms with Gasteiger partial charge in [-0.1, -0.05) is 0 Å². The molecule has 2 aromatic heterocycles. The van der Waals surface area contributed by atoms with Crippen molar-refractivity contribution < 1.29 is 0 Å². The highest BCUT2D eigenvalue weighted by molar-refractivity contribution is 5.15. The first-order valence-electron chi connectivity index (χ1n) is 5.79. The number of aromatic nitrogens is 3. The molecule has 0 fully saturated rings. The molecule has 1 N–H and O–H groups in total. The largest absolute Gasteiger partial charge is 0.305 e. The van der Waals surface area contributed by atoms with E-state index in [1.165, 1.54) is 11.3 Å². The van der Waals surface area contributed by atoms with E-state index >= 15 is 0 Å². The molecule has 0 spiro atoms. The first kappa shape index (κ1) is 11.8. The minimum atomic E-state index is 0.313. The van der Waals surface area contributed by atoms with Gasteiger partial charge in [0.25, 0.3) is 0 Å². The van der Waals surface area contributed by atoms with Crippen LogP contribution in [0.2, 0.25) is 0 Å². The van der Waals surface area contributed by atoms with Crippen LogP contribution in [0.4, 0.5) is 0 Å². The maximum Gasteiger partial charge on any atom is 0.0597 e. The lowest BCUT2D eigenvalue weighted by atomic mass is 10.1. The van der Waals surface area contributed by atoms with Crippen molar-refractivity contribution >= 4 is 0 Å². The molecule has 2 rings (SSSR count). The fraction of sp³-hybridized carbons (Fsp3) is 0.385. The standard InChI is InChI=1S/C13H18N4/c1-10-8-13(17(3)16-10)9-15-11(2)12-4-6-14-7-5-12/h4-8,11,15H,9H2,1-3H3/t11-/m0/s1. The van der Waals surface area contributed by atoms with E-state index < -0.39 is 0 Å². The molecule has 90 valence electrons. The molecule has 0 bridgehead atoms. The van der Waals surface area contributed by atoms with Gasteiger partial charge in [0.05, 0.1) is 11.4 Å². The van der Waals surface area contributed by atoms with Gasteiger partial charge in [-0.3, -0.25) is 9.67 Å². The van der Waals surface area contributed by atoms with Crippen molar-refractivity contribution in [2.45, 2.75) is 26.4 Å². The van der Waals surface area contributed by atoms with Crippen molar-refractivity contribution in [1.82, 2.24) is 20.1 Å². The van der Waals surface area contributed by atoms with Crippen LogP contribution in [0.15, 0.2) is 30.6 Å². The Labute approximate surface area is 102 Å². The summed E-state index contributed by atoms with van der Waals surface area (Å²) in [5.74, 6) is 0. The van der Waals surface area contributed by atoms with Gasteiger partial charge in [0.2, 0.25) is 0 Å². The van der Waals surface area contributed by atoms with E-state index in [1.807, 2.05) is 43.2 Å². The Kier molecular flexibility index (Phi) is 3.54. The summed E-state index contributed by atoms with van der Waals surface area (Å²) < 4.78 is 1.92. The van der Waals surface area contributed by atoms with E-state index in [9.17, 15) is 0 Å². The average molecular weight is 230 g/mol. The van der Waals surface area contributed by atoms with Crippen molar-refractivity contribution in [2.75, 3.05) is 0 Å². The van der Waals surface area contributed by atoms with E-state index in [0.29, 0.717) is 6.04 Å². The quantitative estimate of drug-likeness (QED) is 0.873. The molecule has 0 saturated heterocycles. The molecule has 2 heterocycles. The van der Waals surface area contributed by atoms with Crippen LogP contribution in [-0.4, -0.2) is 14.8 Å². The van der Waals surface area contributed by atoms with E-state index in [2.05, 4.69) is 28.4 Å². The zero-order chi connectivity index (χ0) is 12.3. The molecule has 2 aromatic rings. The maximum absolute atomic E-state index is 4.33. The Bertz CT molecular complexity index is 475. The first-order chi connectivity index (χ1) is 8.16. The van der Waals surface area contributed by atoms with Gasteiger partial charge in [-0.05, 0) is 37.6 Å². The predicted octanol–water partition coefficient (Wildman–Crippen LogP) is 1.97. The summed E-state index contributed by atoms with van der Waals surface area (Å²) in [6.07, 6.45) is 3.64. The molecular weight excluding hydrogens is 212 g/mol. The number of rotatable bonds is 4. The number of hydrogen-bond donors (Lipinski definition) is 1. The molecular formula is C13H18N4. The SMILES string of the molecule is Cc1cc(CN[C@@H](C)c2ccncc2)n(C)n1. The van der Waals surface area contributed by atoms with Gasteiger partial charge < -0.3 is 5.32 Å². The van der Waals surface area contributed by atoms with Gasteiger partial charge in [0.15, 0.2) is 0 Å². The molecule has 0 aliphatic carbocycles. The van der Waals surface area contributed by atoms with Gasteiger partial charge in [0.1, 0.15) is 0 Å². The second kappa shape index (κ2) is 5.10. The van der Waals surface area contributed by atoms with E-state index in [0.717, 1.165) is 12.2 Å². The van der Waals surface area contributed by atoms with Crippen molar-refractivity contribution in [2.24, 2.45) is 7.05 Å². The Morgan fingerprint density at radius 3 is 2.65 bits per heavy atom. The number of hydrogen-bond acceptors (Lipinski definition) is 3. The van der Waals surface area contributed by atoms with Gasteiger partial charge in [-0.2, -0.15) is 5.10 Å². The summed E-state index contributed by atoms with van der Waals surface area (Å²) in [6.45, 7) is 4.98. The topological polar surface area (TPSA) is 42.7 Å². The second-order valence-electron chi connectivity index (χ2n) is 4.28. The molecule has 17 heavy (non-hydrogen) atoms. The summed E-state index contributed by atoms with van der Waals surface area (Å²) in [5.41, 5.74) is 3.50. The fourth-order valence-corrected chi connectivity index (χ4v) is 1.86. The predicted molar refractivity (Wildman–Crippen MR) is 67.4 cm³/mol. The Morgan fingerprint density at radius 2 is 2.06 bits per heavy atom. The Hall–Kier alpha value is -1.68. The normalized spacial score (nSPS) is 12.6. The number of pyridine rings is 1. The second-order valence-corrected chi connectivity index (χ2v) is 4.28. The molecule has 0 unspecified atom stereocenters. The van der Waals surface area contributed by atoms with Crippen molar-refractivity contribution in [3.63, 3.8) is 0 Å². The molecule has 0 aromatic carbocycles. The number of nitrogens with one attached hydrogen (secondary N) is 1. The molecule has 0 amide bonds. The van der Waals surface area contributed by atoms with Gasteiger partial charge >= 0.3 is 0 Å². The van der Waals surface area contributed by atoms with E-state index in [4.69, 9.17) is 0 Å². The van der Waals surface area contributed by atoms with Crippen molar-refractivity contribution in [1.29, 1.82) is 0 Å². The highest BCUT2D eigenvalue weighted by Gasteiger charge is 2.06. The van der Waals surface area contributed by atoms with Gasteiger partial charge in [-0.15, -0.1) is 0 Å². The van der Waals surface area contributed by atoms with Crippen LogP contribution >= 0.6 is 0 Å². The monoisotopic (exact) mass is 230 g/mol. The summed E-state index contributed by atoms with van der Waals surface area (Å²) in [5, 5.41) is 7.81. The molecule has 0 aliphatic rings. The molecule has 0 radical (unpaired) electrons. The fourth-order valence-electron chi connectivity index (χ4n) is 1.86. The first-order valence-corrected chi connectivity index (χ1v) is 5.79. The van der Waals surface area contributed by atoms with Crippen LogP contribution in [0.3, 0.4) is 0 Å². The minimum absolute atomic E-state index is 0.313. The number of aryl methyl sites for hydroxylation is 2. The summed E-state index contributed by atoms with van der Waals surface area (Å²) in [7, 11) is 1.97. The van der Waals surface area contributed by atoms with Crippen LogP contribution < -0.4 is 5.32 Å². The maximum atomic E-state index is 4.33. The molecule has 4 nitrogen and oxygen atoms in total. The summed E-state index contributed by atoms with van der Waals surface area (Å²) in [6, 6.07) is 6.48. The third-order valence-corrected chi connectivity index (χ3v) is 2.89. The number of nitrogens with zero attached hydrogens (tertiary/aromatic N) is 3. The molecule has 0 aliphatic heterocycles. The van der Waals surface area contributed by atoms with Crippen molar-refractivity contribution in [3.8, 4) is 0 Å². The highest BCUT2D eigenvalue weighted by Crippen LogP contribution is 2.11. The Morgan fingerprint density at radius 1 is 1.35 bits per heavy atom. The van der Waals surface area contributed by atoms with Crippen molar-refractivity contribution in [3.05, 3.63) is 47.5 Å². The van der Waals surface area contributed by atoms with Crippen LogP contribution in [0.5, 0.6) is 0 Å². The lowest BCUT2D eigenvalue weighted by Crippen LogP contribution is -2.19. The molecule has 4 heteroatoms. The van der Waals surface area contributed by atoms with E-state index in [-0.39, 0.29) is 0 Å². The van der Waals surface area contributed by atoms with Gasteiger partial charge in [-0.25, -0.2) is 0 Å². The van der Waals surface area contributed by atoms with Gasteiger partial charge in [0, 0.05) is 32.0 Å². The molecule has 1 atom stereocenters. The lowest BCUT2D eigenvalue weighted by molar-refractivity contribution is 0.547. The van der Waals surface area contributed by atoms with Crippen LogP contribution in [0.25, 0.3) is 0 Å². The Balaban J connectivity index is 1.97. The average Bonchev–Trinajstić information content (AvgIpc) is 2.66. The molecule has 0 saturated carbocycles. The van der Waals surface area contributed by atoms with E-state index in [1.54, 1.807) is 0 Å².